The molecule has 5 rings (SSSR count). The van der Waals surface area contributed by atoms with Gasteiger partial charge in [0.1, 0.15) is 17.3 Å². The fourth-order valence-electron chi connectivity index (χ4n) is 4.04. The zero-order valence-electron chi connectivity index (χ0n) is 14.9. The number of carbonyl (C=O) groups is 1. The highest BCUT2D eigenvalue weighted by Gasteiger charge is 2.39. The van der Waals surface area contributed by atoms with Crippen LogP contribution in [0.4, 0.5) is 5.82 Å². The van der Waals surface area contributed by atoms with Crippen LogP contribution in [-0.4, -0.2) is 15.8 Å². The molecule has 1 aliphatic heterocycles. The average Bonchev–Trinajstić information content (AvgIpc) is 3.17. The zero-order chi connectivity index (χ0) is 19.3. The zero-order valence-corrected chi connectivity index (χ0v) is 14.9. The Kier molecular flexibility index (Phi) is 3.68. The molecule has 7 heteroatoms. The molecule has 0 saturated heterocycles. The Morgan fingerprint density at radius 2 is 1.75 bits per heavy atom. The number of hydrogen-bond donors (Lipinski definition) is 3. The van der Waals surface area contributed by atoms with E-state index in [0.717, 1.165) is 17.7 Å². The Bertz CT molecular complexity index is 1230. The standard InChI is InChI=1S/C21H17N3O4/c25-13-8-4-7-12-16(13)17(18-19(22-12)23-21(27)24-20(18)26)15-10-9-14(28-15)11-5-2-1-3-6-11/h1-3,5-6,9-10,17H,4,7-8H2,(H3,22,23,24,26,27)/t17-/m1/s1. The molecule has 1 atom stereocenters. The molecule has 3 N–H and O–H groups in total. The molecule has 3 aromatic rings. The van der Waals surface area contributed by atoms with Gasteiger partial charge in [-0.05, 0) is 25.0 Å². The number of Topliss-reactive ketones (excluding diaryl/α,β-unsaturated/α-hetero) is 1. The number of hydrogen-bond acceptors (Lipinski definition) is 5. The van der Waals surface area contributed by atoms with Crippen molar-refractivity contribution >= 4 is 11.6 Å². The molecule has 1 aliphatic carbocycles. The second-order valence-corrected chi connectivity index (χ2v) is 6.99. The van der Waals surface area contributed by atoms with Crippen LogP contribution >= 0.6 is 0 Å². The van der Waals surface area contributed by atoms with Crippen molar-refractivity contribution in [2.45, 2.75) is 25.2 Å². The first-order chi connectivity index (χ1) is 13.6. The lowest BCUT2D eigenvalue weighted by molar-refractivity contribution is -0.116. The third kappa shape index (κ3) is 2.55. The van der Waals surface area contributed by atoms with Gasteiger partial charge in [-0.1, -0.05) is 30.3 Å². The summed E-state index contributed by atoms with van der Waals surface area (Å²) in [4.78, 5) is 42.1. The minimum Gasteiger partial charge on any atom is -0.460 e. The maximum Gasteiger partial charge on any atom is 0.327 e. The summed E-state index contributed by atoms with van der Waals surface area (Å²) >= 11 is 0. The van der Waals surface area contributed by atoms with Crippen molar-refractivity contribution in [3.8, 4) is 11.3 Å². The number of benzene rings is 1. The van der Waals surface area contributed by atoms with Gasteiger partial charge in [0.15, 0.2) is 5.78 Å². The number of aromatic nitrogens is 2. The van der Waals surface area contributed by atoms with Gasteiger partial charge >= 0.3 is 5.69 Å². The van der Waals surface area contributed by atoms with E-state index in [1.165, 1.54) is 0 Å². The largest absolute Gasteiger partial charge is 0.460 e. The minimum absolute atomic E-state index is 0.00680. The van der Waals surface area contributed by atoms with E-state index >= 15 is 0 Å². The summed E-state index contributed by atoms with van der Waals surface area (Å²) in [6.07, 6.45) is 1.84. The SMILES string of the molecule is O=C1CCCC2=C1[C@@H](c1ccc(-c3ccccc3)o1)c1c([nH]c(=O)[nH]c1=O)N2. The normalized spacial score (nSPS) is 18.4. The van der Waals surface area contributed by atoms with Crippen molar-refractivity contribution in [2.24, 2.45) is 0 Å². The minimum atomic E-state index is -0.655. The Morgan fingerprint density at radius 1 is 0.929 bits per heavy atom. The lowest BCUT2D eigenvalue weighted by Crippen LogP contribution is -2.35. The number of allylic oxidation sites excluding steroid dienone is 2. The number of aromatic amines is 2. The van der Waals surface area contributed by atoms with Gasteiger partial charge in [-0.15, -0.1) is 0 Å². The molecule has 1 aromatic carbocycles. The van der Waals surface area contributed by atoms with Gasteiger partial charge in [-0.25, -0.2) is 4.79 Å². The number of fused-ring (bicyclic) bond motifs is 1. The van der Waals surface area contributed by atoms with Crippen molar-refractivity contribution in [3.05, 3.63) is 85.9 Å². The molecular formula is C21H17N3O4. The first kappa shape index (κ1) is 16.6. The van der Waals surface area contributed by atoms with E-state index in [1.54, 1.807) is 6.07 Å². The van der Waals surface area contributed by atoms with E-state index in [2.05, 4.69) is 15.3 Å². The highest BCUT2D eigenvalue weighted by molar-refractivity contribution is 6.00. The van der Waals surface area contributed by atoms with Crippen LogP contribution in [0.2, 0.25) is 0 Å². The van der Waals surface area contributed by atoms with Gasteiger partial charge < -0.3 is 9.73 Å². The quantitative estimate of drug-likeness (QED) is 0.638. The second kappa shape index (κ2) is 6.23. The van der Waals surface area contributed by atoms with Gasteiger partial charge in [-0.3, -0.25) is 19.6 Å². The molecule has 0 radical (unpaired) electrons. The van der Waals surface area contributed by atoms with E-state index < -0.39 is 17.2 Å². The number of ketones is 1. The van der Waals surface area contributed by atoms with Crippen LogP contribution in [0.5, 0.6) is 0 Å². The lowest BCUT2D eigenvalue weighted by atomic mass is 9.79. The fourth-order valence-corrected chi connectivity index (χ4v) is 4.04. The molecular weight excluding hydrogens is 358 g/mol. The topological polar surface area (TPSA) is 108 Å². The first-order valence-electron chi connectivity index (χ1n) is 9.17. The predicted molar refractivity (Wildman–Crippen MR) is 103 cm³/mol. The Labute approximate surface area is 159 Å². The number of carbonyl (C=O) groups excluding carboxylic acids is 1. The van der Waals surface area contributed by atoms with Crippen molar-refractivity contribution < 1.29 is 9.21 Å². The van der Waals surface area contributed by atoms with Gasteiger partial charge in [-0.2, -0.15) is 0 Å². The number of anilines is 1. The summed E-state index contributed by atoms with van der Waals surface area (Å²) in [7, 11) is 0. The van der Waals surface area contributed by atoms with E-state index in [4.69, 9.17) is 4.42 Å². The monoisotopic (exact) mass is 375 g/mol. The molecule has 0 bridgehead atoms. The number of furan rings is 1. The van der Waals surface area contributed by atoms with Crippen molar-refractivity contribution in [1.82, 2.24) is 9.97 Å². The van der Waals surface area contributed by atoms with Crippen LogP contribution in [0, 0.1) is 0 Å². The smallest absolute Gasteiger partial charge is 0.327 e. The van der Waals surface area contributed by atoms with Crippen LogP contribution in [0.15, 0.2) is 67.7 Å². The van der Waals surface area contributed by atoms with Crippen LogP contribution in [0.3, 0.4) is 0 Å². The summed E-state index contributed by atoms with van der Waals surface area (Å²) < 4.78 is 6.09. The maximum absolute atomic E-state index is 12.8. The first-order valence-corrected chi connectivity index (χ1v) is 9.17. The molecule has 3 heterocycles. The molecule has 0 unspecified atom stereocenters. The van der Waals surface area contributed by atoms with Crippen molar-refractivity contribution in [1.29, 1.82) is 0 Å². The van der Waals surface area contributed by atoms with Gasteiger partial charge in [0, 0.05) is 23.3 Å². The maximum atomic E-state index is 12.8. The molecule has 28 heavy (non-hydrogen) atoms. The van der Waals surface area contributed by atoms with Crippen molar-refractivity contribution in [3.63, 3.8) is 0 Å². The summed E-state index contributed by atoms with van der Waals surface area (Å²) in [6.45, 7) is 0. The summed E-state index contributed by atoms with van der Waals surface area (Å²) in [5.74, 6) is 0.818. The summed E-state index contributed by atoms with van der Waals surface area (Å²) in [5, 5.41) is 3.09. The van der Waals surface area contributed by atoms with Crippen LogP contribution in [0.25, 0.3) is 11.3 Å². The fraction of sp³-hybridized carbons (Fsp3) is 0.190. The number of rotatable bonds is 2. The number of nitrogens with one attached hydrogen (secondary N) is 3. The van der Waals surface area contributed by atoms with E-state index in [-0.39, 0.29) is 5.78 Å². The van der Waals surface area contributed by atoms with E-state index in [0.29, 0.717) is 41.3 Å². The van der Waals surface area contributed by atoms with E-state index in [1.807, 2.05) is 36.4 Å². The number of H-pyrrole nitrogens is 2. The molecule has 0 saturated carbocycles. The average molecular weight is 375 g/mol. The molecule has 7 nitrogen and oxygen atoms in total. The van der Waals surface area contributed by atoms with Crippen LogP contribution in [0.1, 0.15) is 36.5 Å². The Hall–Kier alpha value is -3.61. The Morgan fingerprint density at radius 3 is 2.57 bits per heavy atom. The Balaban J connectivity index is 1.72. The molecule has 0 amide bonds. The third-order valence-electron chi connectivity index (χ3n) is 5.26. The van der Waals surface area contributed by atoms with Crippen molar-refractivity contribution in [2.75, 3.05) is 5.32 Å². The summed E-state index contributed by atoms with van der Waals surface area (Å²) in [6, 6.07) is 13.2. The highest BCUT2D eigenvalue weighted by Crippen LogP contribution is 2.43. The lowest BCUT2D eigenvalue weighted by Gasteiger charge is -2.31. The van der Waals surface area contributed by atoms with Gasteiger partial charge in [0.25, 0.3) is 5.56 Å². The van der Waals surface area contributed by atoms with Gasteiger partial charge in [0.2, 0.25) is 0 Å². The predicted octanol–water partition coefficient (Wildman–Crippen LogP) is 2.89. The van der Waals surface area contributed by atoms with Crippen LogP contribution < -0.4 is 16.6 Å². The molecule has 2 aliphatic rings. The molecule has 140 valence electrons. The van der Waals surface area contributed by atoms with Gasteiger partial charge in [0.05, 0.1) is 11.5 Å². The third-order valence-corrected chi connectivity index (χ3v) is 5.26. The summed E-state index contributed by atoms with van der Waals surface area (Å²) in [5.41, 5.74) is 1.37. The molecule has 0 spiro atoms. The molecule has 0 fully saturated rings. The second-order valence-electron chi connectivity index (χ2n) is 6.99. The van der Waals surface area contributed by atoms with E-state index in [9.17, 15) is 14.4 Å². The molecule has 2 aromatic heterocycles. The highest BCUT2D eigenvalue weighted by atomic mass is 16.3. The van der Waals surface area contributed by atoms with Crippen LogP contribution in [-0.2, 0) is 4.79 Å².